The summed E-state index contributed by atoms with van der Waals surface area (Å²) in [5.41, 5.74) is 0.986. The van der Waals surface area contributed by atoms with Gasteiger partial charge < -0.3 is 15.0 Å². The highest BCUT2D eigenvalue weighted by molar-refractivity contribution is 7.99. The Balaban J connectivity index is 2.35. The van der Waals surface area contributed by atoms with Crippen LogP contribution in [0.5, 0.6) is 5.75 Å². The van der Waals surface area contributed by atoms with Crippen LogP contribution in [0.1, 0.15) is 6.92 Å². The average Bonchev–Trinajstić information content (AvgIpc) is 2.38. The summed E-state index contributed by atoms with van der Waals surface area (Å²) in [6, 6.07) is 6.07. The molecule has 5 heteroatoms. The van der Waals surface area contributed by atoms with Gasteiger partial charge in [-0.1, -0.05) is 0 Å². The Bertz CT molecular complexity index is 451. The highest BCUT2D eigenvalue weighted by atomic mass is 32.2. The lowest BCUT2D eigenvalue weighted by atomic mass is 10.2. The zero-order chi connectivity index (χ0) is 13.1. The maximum Gasteiger partial charge on any atom is 0.241 e. The van der Waals surface area contributed by atoms with Crippen molar-refractivity contribution in [3.63, 3.8) is 0 Å². The first-order valence-electron chi connectivity index (χ1n) is 5.95. The van der Waals surface area contributed by atoms with Crippen LogP contribution in [0.25, 0.3) is 0 Å². The molecule has 0 bridgehead atoms. The molecule has 1 aromatic carbocycles. The van der Waals surface area contributed by atoms with Gasteiger partial charge in [0.05, 0.1) is 19.3 Å². The summed E-state index contributed by atoms with van der Waals surface area (Å²) in [7, 11) is 3.44. The first-order valence-corrected chi connectivity index (χ1v) is 6.93. The molecule has 0 spiro atoms. The van der Waals surface area contributed by atoms with Gasteiger partial charge in [0.2, 0.25) is 5.91 Å². The molecule has 18 heavy (non-hydrogen) atoms. The monoisotopic (exact) mass is 266 g/mol. The van der Waals surface area contributed by atoms with Crippen molar-refractivity contribution in [3.05, 3.63) is 18.2 Å². The fraction of sp³-hybridized carbons (Fsp3) is 0.462. The van der Waals surface area contributed by atoms with Gasteiger partial charge >= 0.3 is 0 Å². The van der Waals surface area contributed by atoms with Gasteiger partial charge in [-0.2, -0.15) is 0 Å². The van der Waals surface area contributed by atoms with Crippen LogP contribution in [0, 0.1) is 0 Å². The van der Waals surface area contributed by atoms with Gasteiger partial charge in [-0.25, -0.2) is 0 Å². The molecule has 0 aliphatic carbocycles. The zero-order valence-corrected chi connectivity index (χ0v) is 11.7. The summed E-state index contributed by atoms with van der Waals surface area (Å²) in [5, 5.41) is 2.92. The summed E-state index contributed by atoms with van der Waals surface area (Å²) in [5.74, 6) is 1.85. The molecule has 0 radical (unpaired) electrons. The Morgan fingerprint density at radius 1 is 1.61 bits per heavy atom. The number of nitrogens with one attached hydrogen (secondary N) is 1. The molecule has 1 atom stereocenters. The molecular formula is C13H18N2O2S. The van der Waals surface area contributed by atoms with E-state index in [-0.39, 0.29) is 11.9 Å². The molecule has 0 saturated carbocycles. The van der Waals surface area contributed by atoms with E-state index >= 15 is 0 Å². The summed E-state index contributed by atoms with van der Waals surface area (Å²) in [4.78, 5) is 15.1. The second kappa shape index (κ2) is 5.63. The zero-order valence-electron chi connectivity index (χ0n) is 10.9. The first-order chi connectivity index (χ1) is 8.67. The maximum absolute atomic E-state index is 12.1. The van der Waals surface area contributed by atoms with Crippen LogP contribution in [-0.4, -0.2) is 38.4 Å². The van der Waals surface area contributed by atoms with Gasteiger partial charge in [-0.3, -0.25) is 4.79 Å². The van der Waals surface area contributed by atoms with Crippen molar-refractivity contribution in [2.75, 3.05) is 31.4 Å². The van der Waals surface area contributed by atoms with Crippen LogP contribution in [0.15, 0.2) is 23.1 Å². The lowest BCUT2D eigenvalue weighted by Crippen LogP contribution is -2.46. The minimum absolute atomic E-state index is 0.108. The van der Waals surface area contributed by atoms with Crippen LogP contribution in [-0.2, 0) is 4.79 Å². The highest BCUT2D eigenvalue weighted by Crippen LogP contribution is 2.39. The second-order valence-electron chi connectivity index (χ2n) is 4.29. The number of likely N-dealkylation sites (N-methyl/N-ethyl adjacent to an activating group) is 1. The van der Waals surface area contributed by atoms with E-state index in [1.165, 1.54) is 0 Å². The lowest BCUT2D eigenvalue weighted by molar-refractivity contribution is -0.118. The van der Waals surface area contributed by atoms with Crippen molar-refractivity contribution in [1.82, 2.24) is 5.32 Å². The molecule has 1 unspecified atom stereocenters. The number of ether oxygens (including phenoxy) is 1. The number of nitrogens with zero attached hydrogens (tertiary/aromatic N) is 1. The van der Waals surface area contributed by atoms with Gasteiger partial charge in [0.25, 0.3) is 0 Å². The van der Waals surface area contributed by atoms with Gasteiger partial charge in [-0.05, 0) is 32.2 Å². The number of methoxy groups -OCH3 is 1. The van der Waals surface area contributed by atoms with Crippen molar-refractivity contribution in [2.24, 2.45) is 0 Å². The van der Waals surface area contributed by atoms with Gasteiger partial charge in [0.1, 0.15) is 5.75 Å². The van der Waals surface area contributed by atoms with Crippen LogP contribution >= 0.6 is 11.8 Å². The standard InChI is InChI=1S/C13H18N2O2S/c1-9-8-18-12-6-10(17-3)4-5-11(12)15(9)13(16)7-14-2/h4-6,9,14H,7-8H2,1-3H3. The number of carbonyl (C=O) groups excluding carboxylic acids is 1. The Morgan fingerprint density at radius 3 is 3.06 bits per heavy atom. The van der Waals surface area contributed by atoms with Gasteiger partial charge in [0, 0.05) is 16.7 Å². The van der Waals surface area contributed by atoms with E-state index in [9.17, 15) is 4.79 Å². The molecule has 0 aromatic heterocycles. The summed E-state index contributed by atoms with van der Waals surface area (Å²) >= 11 is 1.77. The molecule has 0 saturated heterocycles. The van der Waals surface area contributed by atoms with Crippen LogP contribution in [0.4, 0.5) is 5.69 Å². The SMILES string of the molecule is CNCC(=O)N1c2ccc(OC)cc2SCC1C. The Morgan fingerprint density at radius 2 is 2.39 bits per heavy atom. The van der Waals surface area contributed by atoms with Crippen molar-refractivity contribution in [3.8, 4) is 5.75 Å². The Labute approximate surface area is 112 Å². The summed E-state index contributed by atoms with van der Waals surface area (Å²) < 4.78 is 5.22. The number of anilines is 1. The smallest absolute Gasteiger partial charge is 0.241 e. The number of hydrogen-bond donors (Lipinski definition) is 1. The second-order valence-corrected chi connectivity index (χ2v) is 5.35. The number of hydrogen-bond acceptors (Lipinski definition) is 4. The van der Waals surface area contributed by atoms with Gasteiger partial charge in [0.15, 0.2) is 0 Å². The van der Waals surface area contributed by atoms with Crippen molar-refractivity contribution in [1.29, 1.82) is 0 Å². The molecular weight excluding hydrogens is 248 g/mol. The molecule has 1 N–H and O–H groups in total. The molecule has 1 aliphatic heterocycles. The third-order valence-corrected chi connectivity index (χ3v) is 4.23. The lowest BCUT2D eigenvalue weighted by Gasteiger charge is -2.35. The predicted octanol–water partition coefficient (Wildman–Crippen LogP) is 1.74. The Kier molecular flexibility index (Phi) is 4.14. The van der Waals surface area contributed by atoms with E-state index < -0.39 is 0 Å². The minimum atomic E-state index is 0.108. The molecule has 2 rings (SSSR count). The summed E-state index contributed by atoms with van der Waals surface area (Å²) in [6.07, 6.45) is 0. The third kappa shape index (κ3) is 2.47. The maximum atomic E-state index is 12.1. The van der Waals surface area contributed by atoms with Crippen molar-refractivity contribution >= 4 is 23.4 Å². The molecule has 1 aliphatic rings. The van der Waals surface area contributed by atoms with Crippen LogP contribution in [0.3, 0.4) is 0 Å². The number of carbonyl (C=O) groups is 1. The number of benzene rings is 1. The van der Waals surface area contributed by atoms with E-state index in [4.69, 9.17) is 4.74 Å². The summed E-state index contributed by atoms with van der Waals surface area (Å²) in [6.45, 7) is 2.44. The number of thioether (sulfide) groups is 1. The molecule has 1 heterocycles. The van der Waals surface area contributed by atoms with E-state index in [2.05, 4.69) is 12.2 Å². The third-order valence-electron chi connectivity index (χ3n) is 2.94. The molecule has 4 nitrogen and oxygen atoms in total. The van der Waals surface area contributed by atoms with E-state index in [1.807, 2.05) is 23.1 Å². The number of rotatable bonds is 3. The van der Waals surface area contributed by atoms with Gasteiger partial charge in [-0.15, -0.1) is 11.8 Å². The number of fused-ring (bicyclic) bond motifs is 1. The normalized spacial score (nSPS) is 18.4. The average molecular weight is 266 g/mol. The van der Waals surface area contributed by atoms with Crippen molar-refractivity contribution < 1.29 is 9.53 Å². The number of amides is 1. The van der Waals surface area contributed by atoms with E-state index in [1.54, 1.807) is 25.9 Å². The van der Waals surface area contributed by atoms with E-state index in [0.29, 0.717) is 6.54 Å². The van der Waals surface area contributed by atoms with Crippen molar-refractivity contribution in [2.45, 2.75) is 17.9 Å². The predicted molar refractivity (Wildman–Crippen MR) is 74.6 cm³/mol. The fourth-order valence-electron chi connectivity index (χ4n) is 2.07. The molecule has 1 amide bonds. The topological polar surface area (TPSA) is 41.6 Å². The minimum Gasteiger partial charge on any atom is -0.497 e. The first kappa shape index (κ1) is 13.2. The van der Waals surface area contributed by atoms with Crippen LogP contribution in [0.2, 0.25) is 0 Å². The molecule has 98 valence electrons. The molecule has 1 aromatic rings. The fourth-order valence-corrected chi connectivity index (χ4v) is 3.16. The largest absolute Gasteiger partial charge is 0.497 e. The highest BCUT2D eigenvalue weighted by Gasteiger charge is 2.28. The Hall–Kier alpha value is -1.20. The molecule has 0 fully saturated rings. The van der Waals surface area contributed by atoms with E-state index in [0.717, 1.165) is 22.1 Å². The quantitative estimate of drug-likeness (QED) is 0.905. The van der Waals surface area contributed by atoms with Crippen LogP contribution < -0.4 is 15.0 Å².